The van der Waals surface area contributed by atoms with E-state index in [-0.39, 0.29) is 0 Å². The maximum absolute atomic E-state index is 7.04. The molecule has 0 heterocycles. The van der Waals surface area contributed by atoms with Crippen molar-refractivity contribution in [3.05, 3.63) is 24.8 Å². The highest BCUT2D eigenvalue weighted by Gasteiger charge is 1.74. The topological polar surface area (TPSA) is 23.9 Å². The molecule has 0 aromatic carbocycles. The van der Waals surface area contributed by atoms with Crippen LogP contribution in [-0.2, 0) is 0 Å². The van der Waals surface area contributed by atoms with E-state index in [2.05, 4.69) is 6.58 Å². The zero-order chi connectivity index (χ0) is 6.41. The minimum absolute atomic E-state index is 0.479. The summed E-state index contributed by atoms with van der Waals surface area (Å²) in [5, 5.41) is 7.04. The van der Waals surface area contributed by atoms with Crippen molar-refractivity contribution in [3.8, 4) is 0 Å². The zero-order valence-corrected chi connectivity index (χ0v) is 5.15. The molecule has 0 aliphatic carbocycles. The van der Waals surface area contributed by atoms with Gasteiger partial charge in [0.15, 0.2) is 0 Å². The Bertz CT molecular complexity index is 112. The zero-order valence-electron chi connectivity index (χ0n) is 5.15. The summed E-state index contributed by atoms with van der Waals surface area (Å²) in [7, 11) is 0. The lowest BCUT2D eigenvalue weighted by Crippen LogP contribution is -1.79. The molecule has 0 spiro atoms. The molecular weight excluding hydrogens is 98.1 g/mol. The third-order valence-electron chi connectivity index (χ3n) is 0.753. The lowest BCUT2D eigenvalue weighted by molar-refractivity contribution is 1.23. The van der Waals surface area contributed by atoms with Crippen molar-refractivity contribution in [1.29, 1.82) is 5.41 Å². The Morgan fingerprint density at radius 1 is 1.75 bits per heavy atom. The van der Waals surface area contributed by atoms with Crippen LogP contribution >= 0.6 is 0 Å². The molecule has 0 aromatic rings. The van der Waals surface area contributed by atoms with Crippen LogP contribution in [0, 0.1) is 5.41 Å². The van der Waals surface area contributed by atoms with E-state index in [1.54, 1.807) is 6.08 Å². The van der Waals surface area contributed by atoms with Crippen LogP contribution in [0.5, 0.6) is 0 Å². The Labute approximate surface area is 50.2 Å². The van der Waals surface area contributed by atoms with Crippen molar-refractivity contribution in [2.45, 2.75) is 13.3 Å². The summed E-state index contributed by atoms with van der Waals surface area (Å²) in [6.07, 6.45) is 6.18. The molecule has 0 aliphatic rings. The number of hydrogen-bond acceptors (Lipinski definition) is 1. The average molecular weight is 109 g/mol. The molecular formula is C7H11N. The summed E-state index contributed by atoms with van der Waals surface area (Å²) in [5.74, 6) is 0. The standard InChI is InChI=1S/C7H11N/c1-3-5-6-7(8)4-2/h4-6,8H,2-3H2,1H3/b6-5-,8-7?. The molecule has 0 rings (SSSR count). The molecule has 0 aliphatic heterocycles. The minimum Gasteiger partial charge on any atom is -0.301 e. The molecule has 0 saturated heterocycles. The van der Waals surface area contributed by atoms with Crippen molar-refractivity contribution in [1.82, 2.24) is 0 Å². The fraction of sp³-hybridized carbons (Fsp3) is 0.286. The third-order valence-corrected chi connectivity index (χ3v) is 0.753. The molecule has 8 heavy (non-hydrogen) atoms. The number of hydrogen-bond donors (Lipinski definition) is 1. The van der Waals surface area contributed by atoms with Crippen LogP contribution in [-0.4, -0.2) is 5.71 Å². The summed E-state index contributed by atoms with van der Waals surface area (Å²) in [6.45, 7) is 5.47. The van der Waals surface area contributed by atoms with Crippen LogP contribution in [0.2, 0.25) is 0 Å². The van der Waals surface area contributed by atoms with Gasteiger partial charge in [-0.2, -0.15) is 0 Å². The molecule has 44 valence electrons. The first kappa shape index (κ1) is 7.15. The molecule has 0 bridgehead atoms. The van der Waals surface area contributed by atoms with Crippen molar-refractivity contribution < 1.29 is 0 Å². The highest BCUT2D eigenvalue weighted by Crippen LogP contribution is 1.81. The molecule has 0 fully saturated rings. The van der Waals surface area contributed by atoms with Gasteiger partial charge in [0.05, 0.1) is 5.71 Å². The van der Waals surface area contributed by atoms with Gasteiger partial charge in [-0.1, -0.05) is 19.6 Å². The van der Waals surface area contributed by atoms with E-state index in [9.17, 15) is 0 Å². The molecule has 0 radical (unpaired) electrons. The predicted octanol–water partition coefficient (Wildman–Crippen LogP) is 2.16. The van der Waals surface area contributed by atoms with E-state index < -0.39 is 0 Å². The van der Waals surface area contributed by atoms with Gasteiger partial charge in [0.1, 0.15) is 0 Å². The van der Waals surface area contributed by atoms with Gasteiger partial charge >= 0.3 is 0 Å². The van der Waals surface area contributed by atoms with Crippen LogP contribution < -0.4 is 0 Å². The average Bonchev–Trinajstić information content (AvgIpc) is 1.83. The Morgan fingerprint density at radius 2 is 2.38 bits per heavy atom. The Kier molecular flexibility index (Phi) is 3.85. The van der Waals surface area contributed by atoms with E-state index in [0.717, 1.165) is 6.42 Å². The second-order valence-corrected chi connectivity index (χ2v) is 1.47. The second-order valence-electron chi connectivity index (χ2n) is 1.47. The summed E-state index contributed by atoms with van der Waals surface area (Å²) >= 11 is 0. The van der Waals surface area contributed by atoms with Crippen LogP contribution in [0.25, 0.3) is 0 Å². The normalized spacial score (nSPS) is 9.62. The number of rotatable bonds is 3. The van der Waals surface area contributed by atoms with Gasteiger partial charge in [0.2, 0.25) is 0 Å². The maximum Gasteiger partial charge on any atom is 0.0530 e. The molecule has 1 heteroatoms. The molecule has 0 amide bonds. The van der Waals surface area contributed by atoms with Crippen molar-refractivity contribution >= 4 is 5.71 Å². The number of allylic oxidation sites excluding steroid dienone is 3. The summed E-state index contributed by atoms with van der Waals surface area (Å²) in [6, 6.07) is 0. The highest BCUT2D eigenvalue weighted by atomic mass is 14.4. The van der Waals surface area contributed by atoms with Crippen LogP contribution in [0.4, 0.5) is 0 Å². The lowest BCUT2D eigenvalue weighted by Gasteiger charge is -1.80. The van der Waals surface area contributed by atoms with E-state index in [1.807, 2.05) is 13.0 Å². The fourth-order valence-electron chi connectivity index (χ4n) is 0.313. The summed E-state index contributed by atoms with van der Waals surface area (Å²) in [5.41, 5.74) is 0.479. The third kappa shape index (κ3) is 3.34. The van der Waals surface area contributed by atoms with E-state index in [0.29, 0.717) is 5.71 Å². The SMILES string of the molecule is C=CC(=N)/C=C\CC. The van der Waals surface area contributed by atoms with Gasteiger partial charge in [0, 0.05) is 0 Å². The maximum atomic E-state index is 7.04. The van der Waals surface area contributed by atoms with E-state index in [1.165, 1.54) is 6.08 Å². The van der Waals surface area contributed by atoms with Crippen LogP contribution in [0.15, 0.2) is 24.8 Å². The molecule has 0 aromatic heterocycles. The van der Waals surface area contributed by atoms with Crippen molar-refractivity contribution in [2.75, 3.05) is 0 Å². The summed E-state index contributed by atoms with van der Waals surface area (Å²) in [4.78, 5) is 0. The Morgan fingerprint density at radius 3 is 2.75 bits per heavy atom. The second kappa shape index (κ2) is 4.31. The highest BCUT2D eigenvalue weighted by molar-refractivity contribution is 6.00. The summed E-state index contributed by atoms with van der Waals surface area (Å²) < 4.78 is 0. The van der Waals surface area contributed by atoms with Gasteiger partial charge in [-0.15, -0.1) is 0 Å². The van der Waals surface area contributed by atoms with E-state index >= 15 is 0 Å². The van der Waals surface area contributed by atoms with Crippen LogP contribution in [0.1, 0.15) is 13.3 Å². The van der Waals surface area contributed by atoms with Gasteiger partial charge < -0.3 is 5.41 Å². The molecule has 1 nitrogen and oxygen atoms in total. The molecule has 0 saturated carbocycles. The van der Waals surface area contributed by atoms with Crippen molar-refractivity contribution in [3.63, 3.8) is 0 Å². The first-order valence-electron chi connectivity index (χ1n) is 2.68. The Balaban J connectivity index is 3.52. The molecule has 1 N–H and O–H groups in total. The molecule has 0 unspecified atom stereocenters. The first-order chi connectivity index (χ1) is 3.81. The quantitative estimate of drug-likeness (QED) is 0.537. The Hall–Kier alpha value is -0.850. The van der Waals surface area contributed by atoms with E-state index in [4.69, 9.17) is 5.41 Å². The monoisotopic (exact) mass is 109 g/mol. The fourth-order valence-corrected chi connectivity index (χ4v) is 0.313. The number of nitrogens with one attached hydrogen (secondary N) is 1. The van der Waals surface area contributed by atoms with Gasteiger partial charge in [-0.25, -0.2) is 0 Å². The minimum atomic E-state index is 0.479. The smallest absolute Gasteiger partial charge is 0.0530 e. The largest absolute Gasteiger partial charge is 0.301 e. The predicted molar refractivity (Wildman–Crippen MR) is 37.4 cm³/mol. The van der Waals surface area contributed by atoms with Crippen LogP contribution in [0.3, 0.4) is 0 Å². The van der Waals surface area contributed by atoms with Crippen molar-refractivity contribution in [2.24, 2.45) is 0 Å². The van der Waals surface area contributed by atoms with Gasteiger partial charge in [0.25, 0.3) is 0 Å². The lowest BCUT2D eigenvalue weighted by atomic mass is 10.3. The van der Waals surface area contributed by atoms with Gasteiger partial charge in [-0.3, -0.25) is 0 Å². The molecule has 0 atom stereocenters. The van der Waals surface area contributed by atoms with Gasteiger partial charge in [-0.05, 0) is 18.6 Å². The first-order valence-corrected chi connectivity index (χ1v) is 2.68.